The smallest absolute Gasteiger partial charge is 0.261 e. The zero-order valence-electron chi connectivity index (χ0n) is 15.5. The summed E-state index contributed by atoms with van der Waals surface area (Å²) in [7, 11) is 0. The lowest BCUT2D eigenvalue weighted by Gasteiger charge is -2.06. The van der Waals surface area contributed by atoms with E-state index in [2.05, 4.69) is 30.8 Å². The standard InChI is InChI=1S/C20H18F2N6O/c1-2-23-9-11-6-7-14-15(8-11)26-19(25-14)18-16(10-24-28-18)27-20(29)17-12(21)4-3-5-13(17)22/h3-8,10,23H,2,9H2,1H3,(H,24,28)(H,25,26)(H,27,29). The highest BCUT2D eigenvalue weighted by Gasteiger charge is 2.20. The molecule has 29 heavy (non-hydrogen) atoms. The van der Waals surface area contributed by atoms with E-state index >= 15 is 0 Å². The number of anilines is 1. The second kappa shape index (κ2) is 7.80. The van der Waals surface area contributed by atoms with Crippen molar-refractivity contribution in [1.82, 2.24) is 25.5 Å². The molecule has 0 spiro atoms. The molecular weight excluding hydrogens is 378 g/mol. The van der Waals surface area contributed by atoms with Gasteiger partial charge in [0.1, 0.15) is 22.9 Å². The topological polar surface area (TPSA) is 98.5 Å². The SMILES string of the molecule is CCNCc1ccc2nc(-c3[nH]ncc3NC(=O)c3c(F)cccc3F)[nH]c2c1. The molecule has 2 aromatic heterocycles. The van der Waals surface area contributed by atoms with Crippen LogP contribution in [0.2, 0.25) is 0 Å². The number of imidazole rings is 1. The molecule has 1 amide bonds. The minimum Gasteiger partial charge on any atom is -0.337 e. The molecule has 0 saturated heterocycles. The van der Waals surface area contributed by atoms with Crippen LogP contribution in [0, 0.1) is 11.6 Å². The van der Waals surface area contributed by atoms with Gasteiger partial charge in [-0.2, -0.15) is 5.10 Å². The number of rotatable bonds is 6. The van der Waals surface area contributed by atoms with Crippen molar-refractivity contribution in [2.24, 2.45) is 0 Å². The molecule has 4 rings (SSSR count). The Kier molecular flexibility index (Phi) is 5.05. The molecule has 7 nitrogen and oxygen atoms in total. The van der Waals surface area contributed by atoms with Crippen molar-refractivity contribution >= 4 is 22.6 Å². The molecule has 0 aliphatic heterocycles. The highest BCUT2D eigenvalue weighted by Crippen LogP contribution is 2.26. The molecule has 0 aliphatic carbocycles. The monoisotopic (exact) mass is 396 g/mol. The van der Waals surface area contributed by atoms with Crippen molar-refractivity contribution in [1.29, 1.82) is 0 Å². The lowest BCUT2D eigenvalue weighted by Crippen LogP contribution is -2.16. The van der Waals surface area contributed by atoms with Gasteiger partial charge in [-0.25, -0.2) is 13.8 Å². The van der Waals surface area contributed by atoms with E-state index < -0.39 is 23.1 Å². The number of H-pyrrole nitrogens is 2. The van der Waals surface area contributed by atoms with E-state index in [1.165, 1.54) is 12.3 Å². The number of carbonyl (C=O) groups is 1. The molecule has 4 aromatic rings. The summed E-state index contributed by atoms with van der Waals surface area (Å²) in [4.78, 5) is 20.1. The molecule has 0 radical (unpaired) electrons. The number of benzene rings is 2. The number of nitrogens with zero attached hydrogens (tertiary/aromatic N) is 2. The molecule has 4 N–H and O–H groups in total. The summed E-state index contributed by atoms with van der Waals surface area (Å²) in [6.07, 6.45) is 1.36. The minimum absolute atomic E-state index is 0.254. The number of amides is 1. The number of carbonyl (C=O) groups excluding carboxylic acids is 1. The molecule has 0 aliphatic rings. The minimum atomic E-state index is -0.940. The summed E-state index contributed by atoms with van der Waals surface area (Å²) in [6, 6.07) is 9.11. The number of hydrogen-bond donors (Lipinski definition) is 4. The quantitative estimate of drug-likeness (QED) is 0.400. The average Bonchev–Trinajstić information content (AvgIpc) is 3.32. The fourth-order valence-corrected chi connectivity index (χ4v) is 3.02. The van der Waals surface area contributed by atoms with Crippen molar-refractivity contribution in [2.45, 2.75) is 13.5 Å². The third kappa shape index (κ3) is 3.72. The molecule has 9 heteroatoms. The highest BCUT2D eigenvalue weighted by atomic mass is 19.1. The third-order valence-corrected chi connectivity index (χ3v) is 4.44. The van der Waals surface area contributed by atoms with Gasteiger partial charge >= 0.3 is 0 Å². The Labute approximate surface area is 164 Å². The van der Waals surface area contributed by atoms with Crippen molar-refractivity contribution in [3.63, 3.8) is 0 Å². The maximum atomic E-state index is 13.9. The number of fused-ring (bicyclic) bond motifs is 1. The van der Waals surface area contributed by atoms with E-state index in [1.54, 1.807) is 0 Å². The second-order valence-corrected chi connectivity index (χ2v) is 6.43. The Hall–Kier alpha value is -3.59. The van der Waals surface area contributed by atoms with Crippen molar-refractivity contribution in [3.05, 3.63) is 65.4 Å². The molecule has 0 unspecified atom stereocenters. The van der Waals surface area contributed by atoms with Crippen LogP contribution >= 0.6 is 0 Å². The van der Waals surface area contributed by atoms with E-state index in [9.17, 15) is 13.6 Å². The summed E-state index contributed by atoms with van der Waals surface area (Å²) in [5.41, 5.74) is 2.67. The van der Waals surface area contributed by atoms with Gasteiger partial charge in [-0.1, -0.05) is 19.1 Å². The zero-order chi connectivity index (χ0) is 20.4. The Bertz CT molecular complexity index is 1160. The van der Waals surface area contributed by atoms with Gasteiger partial charge < -0.3 is 15.6 Å². The number of halogens is 2. The van der Waals surface area contributed by atoms with Crippen molar-refractivity contribution in [2.75, 3.05) is 11.9 Å². The number of aromatic nitrogens is 4. The second-order valence-electron chi connectivity index (χ2n) is 6.43. The summed E-state index contributed by atoms with van der Waals surface area (Å²) >= 11 is 0. The van der Waals surface area contributed by atoms with Gasteiger partial charge in [0, 0.05) is 6.54 Å². The van der Waals surface area contributed by atoms with Crippen LogP contribution in [-0.2, 0) is 6.54 Å². The molecule has 2 aromatic carbocycles. The van der Waals surface area contributed by atoms with E-state index in [-0.39, 0.29) is 5.69 Å². The molecule has 2 heterocycles. The largest absolute Gasteiger partial charge is 0.337 e. The summed E-state index contributed by atoms with van der Waals surface area (Å²) in [6.45, 7) is 3.64. The maximum absolute atomic E-state index is 13.9. The lowest BCUT2D eigenvalue weighted by molar-refractivity contribution is 0.101. The first-order chi connectivity index (χ1) is 14.1. The molecule has 0 saturated carbocycles. The first-order valence-corrected chi connectivity index (χ1v) is 9.05. The summed E-state index contributed by atoms with van der Waals surface area (Å²) in [5, 5.41) is 12.4. The highest BCUT2D eigenvalue weighted by molar-refractivity contribution is 6.06. The molecular formula is C20H18F2N6O. The Balaban J connectivity index is 1.63. The Morgan fingerprint density at radius 2 is 1.97 bits per heavy atom. The van der Waals surface area contributed by atoms with Crippen LogP contribution in [0.15, 0.2) is 42.6 Å². The van der Waals surface area contributed by atoms with Crippen molar-refractivity contribution < 1.29 is 13.6 Å². The Morgan fingerprint density at radius 1 is 1.17 bits per heavy atom. The molecule has 0 atom stereocenters. The van der Waals surface area contributed by atoms with E-state index in [0.717, 1.165) is 41.8 Å². The zero-order valence-corrected chi connectivity index (χ0v) is 15.5. The van der Waals surface area contributed by atoms with Gasteiger partial charge in [0.25, 0.3) is 5.91 Å². The fourth-order valence-electron chi connectivity index (χ4n) is 3.02. The van der Waals surface area contributed by atoms with Gasteiger partial charge in [-0.3, -0.25) is 9.89 Å². The van der Waals surface area contributed by atoms with E-state index in [1.807, 2.05) is 25.1 Å². The van der Waals surface area contributed by atoms with Crippen LogP contribution in [0.3, 0.4) is 0 Å². The maximum Gasteiger partial charge on any atom is 0.261 e. The van der Waals surface area contributed by atoms with Gasteiger partial charge in [0.15, 0.2) is 5.82 Å². The normalized spacial score (nSPS) is 11.1. The first kappa shape index (κ1) is 18.8. The van der Waals surface area contributed by atoms with Gasteiger partial charge in [-0.15, -0.1) is 0 Å². The predicted octanol–water partition coefficient (Wildman–Crippen LogP) is 3.59. The third-order valence-electron chi connectivity index (χ3n) is 4.44. The van der Waals surface area contributed by atoms with Gasteiger partial charge in [0.2, 0.25) is 0 Å². The van der Waals surface area contributed by atoms with E-state index in [0.29, 0.717) is 11.5 Å². The fraction of sp³-hybridized carbons (Fsp3) is 0.150. The number of hydrogen-bond acceptors (Lipinski definition) is 4. The molecule has 148 valence electrons. The number of aromatic amines is 2. The van der Waals surface area contributed by atoms with Crippen LogP contribution < -0.4 is 10.6 Å². The van der Waals surface area contributed by atoms with Gasteiger partial charge in [-0.05, 0) is 36.4 Å². The predicted molar refractivity (Wildman–Crippen MR) is 105 cm³/mol. The van der Waals surface area contributed by atoms with Crippen LogP contribution in [-0.4, -0.2) is 32.6 Å². The molecule has 0 fully saturated rings. The lowest BCUT2D eigenvalue weighted by atomic mass is 10.2. The van der Waals surface area contributed by atoms with Crippen LogP contribution in [0.1, 0.15) is 22.8 Å². The van der Waals surface area contributed by atoms with Crippen LogP contribution in [0.4, 0.5) is 14.5 Å². The summed E-state index contributed by atoms with van der Waals surface area (Å²) < 4.78 is 27.7. The van der Waals surface area contributed by atoms with Gasteiger partial charge in [0.05, 0.1) is 22.9 Å². The van der Waals surface area contributed by atoms with Crippen LogP contribution in [0.25, 0.3) is 22.6 Å². The first-order valence-electron chi connectivity index (χ1n) is 9.05. The Morgan fingerprint density at radius 3 is 2.72 bits per heavy atom. The van der Waals surface area contributed by atoms with Crippen LogP contribution in [0.5, 0.6) is 0 Å². The molecule has 0 bridgehead atoms. The van der Waals surface area contributed by atoms with Crippen molar-refractivity contribution in [3.8, 4) is 11.5 Å². The van der Waals surface area contributed by atoms with E-state index in [4.69, 9.17) is 0 Å². The number of nitrogens with one attached hydrogen (secondary N) is 4. The average molecular weight is 396 g/mol. The summed E-state index contributed by atoms with van der Waals surface area (Å²) in [5.74, 6) is -2.34.